The fourth-order valence-corrected chi connectivity index (χ4v) is 5.02. The van der Waals surface area contributed by atoms with Gasteiger partial charge in [0.1, 0.15) is 0 Å². The van der Waals surface area contributed by atoms with E-state index in [0.717, 1.165) is 11.3 Å². The summed E-state index contributed by atoms with van der Waals surface area (Å²) in [5.41, 5.74) is 2.90. The quantitative estimate of drug-likeness (QED) is 0.162. The second kappa shape index (κ2) is 9.91. The molecule has 0 atom stereocenters. The van der Waals surface area contributed by atoms with Crippen molar-refractivity contribution in [2.75, 3.05) is 12.0 Å². The van der Waals surface area contributed by atoms with Crippen LogP contribution >= 0.6 is 39.9 Å². The van der Waals surface area contributed by atoms with E-state index in [-0.39, 0.29) is 11.7 Å². The lowest BCUT2D eigenvalue weighted by Gasteiger charge is -2.14. The van der Waals surface area contributed by atoms with Gasteiger partial charge in [0, 0.05) is 0 Å². The molecule has 0 N–H and O–H groups in total. The van der Waals surface area contributed by atoms with Gasteiger partial charge in [0.25, 0.3) is 5.91 Å². The minimum Gasteiger partial charge on any atom is -0.493 e. The van der Waals surface area contributed by atoms with Gasteiger partial charge in [-0.2, -0.15) is 0 Å². The lowest BCUT2D eigenvalue weighted by molar-refractivity contribution is -0.113. The number of ether oxygens (including phenoxy) is 2. The molecule has 1 fully saturated rings. The number of carbonyl (C=O) groups is 2. The fourth-order valence-electron chi connectivity index (χ4n) is 3.18. The maximum absolute atomic E-state index is 13.0. The zero-order valence-electron chi connectivity index (χ0n) is 17.7. The zero-order chi connectivity index (χ0) is 23.5. The van der Waals surface area contributed by atoms with Gasteiger partial charge >= 0.3 is 5.97 Å². The summed E-state index contributed by atoms with van der Waals surface area (Å²) in [6, 6.07) is 19.8. The Kier molecular flexibility index (Phi) is 6.97. The third-order valence-electron chi connectivity index (χ3n) is 4.84. The highest BCUT2D eigenvalue weighted by Crippen LogP contribution is 2.40. The maximum atomic E-state index is 13.0. The van der Waals surface area contributed by atoms with Crippen LogP contribution in [-0.2, 0) is 4.79 Å². The van der Waals surface area contributed by atoms with E-state index in [0.29, 0.717) is 30.6 Å². The number of methoxy groups -OCH3 is 1. The van der Waals surface area contributed by atoms with E-state index in [9.17, 15) is 9.59 Å². The lowest BCUT2D eigenvalue weighted by Crippen LogP contribution is -2.27. The fraction of sp³-hybridized carbons (Fsp3) is 0.0800. The molecule has 0 aromatic heterocycles. The molecule has 1 amide bonds. The van der Waals surface area contributed by atoms with Gasteiger partial charge in [-0.3, -0.25) is 9.69 Å². The Morgan fingerprint density at radius 2 is 1.79 bits per heavy atom. The van der Waals surface area contributed by atoms with Gasteiger partial charge < -0.3 is 9.47 Å². The van der Waals surface area contributed by atoms with Crippen molar-refractivity contribution >= 4 is 67.9 Å². The first kappa shape index (κ1) is 23.2. The van der Waals surface area contributed by atoms with Crippen molar-refractivity contribution in [2.45, 2.75) is 6.92 Å². The molecule has 3 aromatic carbocycles. The van der Waals surface area contributed by atoms with E-state index in [1.807, 2.05) is 49.4 Å². The van der Waals surface area contributed by atoms with Gasteiger partial charge in [-0.15, -0.1) is 0 Å². The van der Waals surface area contributed by atoms with E-state index in [2.05, 4.69) is 15.9 Å². The summed E-state index contributed by atoms with van der Waals surface area (Å²) in [5.74, 6) is -0.0710. The normalized spacial score (nSPS) is 14.6. The largest absolute Gasteiger partial charge is 0.493 e. The number of hydrogen-bond donors (Lipinski definition) is 0. The van der Waals surface area contributed by atoms with E-state index in [1.54, 1.807) is 30.3 Å². The number of para-hydroxylation sites is 1. The molecule has 8 heteroatoms. The van der Waals surface area contributed by atoms with Gasteiger partial charge in [0.15, 0.2) is 15.8 Å². The van der Waals surface area contributed by atoms with E-state index < -0.39 is 5.97 Å². The molecular weight excluding hydrogens is 522 g/mol. The second-order valence-electron chi connectivity index (χ2n) is 7.14. The standard InChI is InChI=1S/C25H18BrNO4S2/c1-15-8-10-17(11-9-15)24(29)31-22-19(26)12-16(13-20(22)30-2)14-21-23(28)27(25(32)33-21)18-6-4-3-5-7-18/h3-14H,1-2H3/b21-14-. The van der Waals surface area contributed by atoms with Crippen molar-refractivity contribution in [3.8, 4) is 11.5 Å². The molecule has 4 rings (SSSR count). The summed E-state index contributed by atoms with van der Waals surface area (Å²) in [7, 11) is 1.49. The van der Waals surface area contributed by atoms with E-state index >= 15 is 0 Å². The lowest BCUT2D eigenvalue weighted by atomic mass is 10.1. The summed E-state index contributed by atoms with van der Waals surface area (Å²) in [4.78, 5) is 27.6. The molecule has 0 spiro atoms. The first-order valence-corrected chi connectivity index (χ1v) is 11.9. The number of aryl methyl sites for hydroxylation is 1. The molecule has 1 aliphatic rings. The first-order chi connectivity index (χ1) is 15.9. The summed E-state index contributed by atoms with van der Waals surface area (Å²) >= 11 is 10.1. The van der Waals surface area contributed by atoms with Crippen molar-refractivity contribution in [1.29, 1.82) is 0 Å². The number of thiocarbonyl (C=S) groups is 1. The number of anilines is 1. The molecule has 0 aliphatic carbocycles. The van der Waals surface area contributed by atoms with Gasteiger partial charge in [0.05, 0.1) is 27.7 Å². The molecule has 166 valence electrons. The van der Waals surface area contributed by atoms with Crippen LogP contribution in [-0.4, -0.2) is 23.3 Å². The minimum absolute atomic E-state index is 0.193. The average molecular weight is 540 g/mol. The SMILES string of the molecule is COc1cc(/C=C2\SC(=S)N(c3ccccc3)C2=O)cc(Br)c1OC(=O)c1ccc(C)cc1. The first-order valence-electron chi connectivity index (χ1n) is 9.87. The van der Waals surface area contributed by atoms with Crippen LogP contribution in [0.25, 0.3) is 6.08 Å². The highest BCUT2D eigenvalue weighted by molar-refractivity contribution is 9.10. The van der Waals surface area contributed by atoms with Crippen LogP contribution in [0.2, 0.25) is 0 Å². The zero-order valence-corrected chi connectivity index (χ0v) is 20.9. The van der Waals surface area contributed by atoms with Crippen molar-refractivity contribution in [3.63, 3.8) is 0 Å². The average Bonchev–Trinajstić information content (AvgIpc) is 3.08. The van der Waals surface area contributed by atoms with Crippen LogP contribution < -0.4 is 14.4 Å². The minimum atomic E-state index is -0.495. The Balaban J connectivity index is 1.61. The predicted molar refractivity (Wildman–Crippen MR) is 139 cm³/mol. The molecule has 3 aromatic rings. The van der Waals surface area contributed by atoms with Gasteiger partial charge in [0.2, 0.25) is 0 Å². The summed E-state index contributed by atoms with van der Waals surface area (Å²) in [6.07, 6.45) is 1.74. The van der Waals surface area contributed by atoms with Crippen molar-refractivity contribution in [1.82, 2.24) is 0 Å². The van der Waals surface area contributed by atoms with Crippen LogP contribution in [0.5, 0.6) is 11.5 Å². The van der Waals surface area contributed by atoms with Gasteiger partial charge in [-0.1, -0.05) is 59.9 Å². The molecule has 1 heterocycles. The Labute approximate surface area is 209 Å². The summed E-state index contributed by atoms with van der Waals surface area (Å²) < 4.78 is 12.0. The van der Waals surface area contributed by atoms with Crippen molar-refractivity contribution in [3.05, 3.63) is 92.8 Å². The number of rotatable bonds is 5. The molecular formula is C25H18BrNO4S2. The number of benzene rings is 3. The molecule has 33 heavy (non-hydrogen) atoms. The third kappa shape index (κ3) is 5.03. The number of carbonyl (C=O) groups excluding carboxylic acids is 2. The second-order valence-corrected chi connectivity index (χ2v) is 9.67. The van der Waals surface area contributed by atoms with E-state index in [4.69, 9.17) is 21.7 Å². The molecule has 5 nitrogen and oxygen atoms in total. The van der Waals surface area contributed by atoms with Crippen LogP contribution in [0.3, 0.4) is 0 Å². The van der Waals surface area contributed by atoms with Gasteiger partial charge in [-0.25, -0.2) is 4.79 Å². The number of amides is 1. The van der Waals surface area contributed by atoms with Crippen LogP contribution in [0, 0.1) is 6.92 Å². The monoisotopic (exact) mass is 539 g/mol. The highest BCUT2D eigenvalue weighted by Gasteiger charge is 2.33. The third-order valence-corrected chi connectivity index (χ3v) is 6.73. The molecule has 0 unspecified atom stereocenters. The Morgan fingerprint density at radius 1 is 1.09 bits per heavy atom. The molecule has 1 saturated heterocycles. The molecule has 0 bridgehead atoms. The van der Waals surface area contributed by atoms with Crippen molar-refractivity contribution in [2.24, 2.45) is 0 Å². The van der Waals surface area contributed by atoms with Crippen LogP contribution in [0.1, 0.15) is 21.5 Å². The Hall–Kier alpha value is -2.94. The number of esters is 1. The summed E-state index contributed by atoms with van der Waals surface area (Å²) in [5, 5.41) is 0. The number of halogens is 1. The molecule has 0 saturated carbocycles. The topological polar surface area (TPSA) is 55.8 Å². The summed E-state index contributed by atoms with van der Waals surface area (Å²) in [6.45, 7) is 1.95. The molecule has 0 radical (unpaired) electrons. The van der Waals surface area contributed by atoms with Crippen molar-refractivity contribution < 1.29 is 19.1 Å². The smallest absolute Gasteiger partial charge is 0.343 e. The van der Waals surface area contributed by atoms with Crippen LogP contribution in [0.4, 0.5) is 5.69 Å². The Morgan fingerprint density at radius 3 is 2.45 bits per heavy atom. The number of nitrogens with zero attached hydrogens (tertiary/aromatic N) is 1. The number of hydrogen-bond acceptors (Lipinski definition) is 6. The van der Waals surface area contributed by atoms with E-state index in [1.165, 1.54) is 23.8 Å². The predicted octanol–water partition coefficient (Wildman–Crippen LogP) is 6.39. The molecule has 1 aliphatic heterocycles. The van der Waals surface area contributed by atoms with Crippen LogP contribution in [0.15, 0.2) is 76.1 Å². The Bertz CT molecular complexity index is 1270. The highest BCUT2D eigenvalue weighted by atomic mass is 79.9. The maximum Gasteiger partial charge on any atom is 0.343 e. The number of thioether (sulfide) groups is 1. The van der Waals surface area contributed by atoms with Gasteiger partial charge in [-0.05, 0) is 70.9 Å².